The van der Waals surface area contributed by atoms with Gasteiger partial charge in [0, 0.05) is 26.1 Å². The van der Waals surface area contributed by atoms with Crippen LogP contribution in [0.4, 0.5) is 4.39 Å². The summed E-state index contributed by atoms with van der Waals surface area (Å²) >= 11 is 0. The molecule has 116 valence electrons. The number of halogens is 1. The molecule has 1 unspecified atom stereocenters. The van der Waals surface area contributed by atoms with Gasteiger partial charge in [0.25, 0.3) is 0 Å². The number of rotatable bonds is 5. The largest absolute Gasteiger partial charge is 0.394 e. The third-order valence-electron chi connectivity index (χ3n) is 3.42. The predicted molar refractivity (Wildman–Crippen MR) is 75.6 cm³/mol. The maximum absolute atomic E-state index is 12.8. The summed E-state index contributed by atoms with van der Waals surface area (Å²) in [6.07, 6.45) is 1.13. The van der Waals surface area contributed by atoms with Crippen LogP contribution in [-0.4, -0.2) is 58.7 Å². The van der Waals surface area contributed by atoms with E-state index in [-0.39, 0.29) is 29.8 Å². The van der Waals surface area contributed by atoms with Crippen LogP contribution in [0, 0.1) is 5.82 Å². The summed E-state index contributed by atoms with van der Waals surface area (Å²) in [6.45, 7) is 5.77. The summed E-state index contributed by atoms with van der Waals surface area (Å²) in [5.41, 5.74) is -0.0642. The average Bonchev–Trinajstić information content (AvgIpc) is 2.44. The fourth-order valence-corrected chi connectivity index (χ4v) is 2.61. The van der Waals surface area contributed by atoms with Crippen molar-refractivity contribution in [3.8, 4) is 0 Å². The van der Waals surface area contributed by atoms with E-state index in [0.29, 0.717) is 26.1 Å². The SMILES string of the molecule is CC1(C)CN(CCC(=O)c2ccc(F)cn2)CC(CO)O1. The van der Waals surface area contributed by atoms with E-state index in [1.807, 2.05) is 13.8 Å². The van der Waals surface area contributed by atoms with Gasteiger partial charge >= 0.3 is 0 Å². The van der Waals surface area contributed by atoms with Crippen molar-refractivity contribution < 1.29 is 19.0 Å². The Morgan fingerprint density at radius 3 is 2.95 bits per heavy atom. The number of carbonyl (C=O) groups is 1. The second-order valence-electron chi connectivity index (χ2n) is 5.95. The molecular formula is C15H21FN2O3. The predicted octanol–water partition coefficient (Wildman–Crippen LogP) is 1.27. The topological polar surface area (TPSA) is 62.7 Å². The minimum absolute atomic E-state index is 0.0343. The summed E-state index contributed by atoms with van der Waals surface area (Å²) in [5, 5.41) is 9.26. The van der Waals surface area contributed by atoms with Crippen molar-refractivity contribution in [3.05, 3.63) is 29.8 Å². The van der Waals surface area contributed by atoms with Gasteiger partial charge in [-0.3, -0.25) is 14.7 Å². The first kappa shape index (κ1) is 16.0. The summed E-state index contributed by atoms with van der Waals surface area (Å²) in [7, 11) is 0. The lowest BCUT2D eigenvalue weighted by molar-refractivity contribution is -0.148. The molecule has 0 spiro atoms. The van der Waals surface area contributed by atoms with Crippen molar-refractivity contribution >= 4 is 5.78 Å². The summed E-state index contributed by atoms with van der Waals surface area (Å²) in [5.74, 6) is -0.563. The van der Waals surface area contributed by atoms with Gasteiger partial charge in [0.1, 0.15) is 11.5 Å². The number of Topliss-reactive ketones (excluding diaryl/α,β-unsaturated/α-hetero) is 1. The van der Waals surface area contributed by atoms with Crippen LogP contribution in [0.1, 0.15) is 30.8 Å². The van der Waals surface area contributed by atoms with Crippen molar-refractivity contribution in [1.29, 1.82) is 0 Å². The molecule has 1 fully saturated rings. The van der Waals surface area contributed by atoms with Gasteiger partial charge in [0.2, 0.25) is 0 Å². The van der Waals surface area contributed by atoms with Crippen molar-refractivity contribution in [2.75, 3.05) is 26.2 Å². The Morgan fingerprint density at radius 1 is 1.57 bits per heavy atom. The molecule has 0 aliphatic carbocycles. The molecule has 2 rings (SSSR count). The van der Waals surface area contributed by atoms with Crippen LogP contribution in [0.2, 0.25) is 0 Å². The average molecular weight is 296 g/mol. The highest BCUT2D eigenvalue weighted by Gasteiger charge is 2.32. The highest BCUT2D eigenvalue weighted by molar-refractivity contribution is 5.94. The first-order valence-corrected chi connectivity index (χ1v) is 7.05. The molecule has 2 heterocycles. The molecule has 1 N–H and O–H groups in total. The fraction of sp³-hybridized carbons (Fsp3) is 0.600. The number of hydrogen-bond acceptors (Lipinski definition) is 5. The van der Waals surface area contributed by atoms with Crippen LogP contribution < -0.4 is 0 Å². The number of aliphatic hydroxyl groups is 1. The molecule has 1 saturated heterocycles. The Bertz CT molecular complexity index is 490. The van der Waals surface area contributed by atoms with E-state index in [1.165, 1.54) is 12.1 Å². The van der Waals surface area contributed by atoms with Crippen LogP contribution in [0.3, 0.4) is 0 Å². The first-order chi connectivity index (χ1) is 9.89. The smallest absolute Gasteiger partial charge is 0.182 e. The Morgan fingerprint density at radius 2 is 2.33 bits per heavy atom. The fourth-order valence-electron chi connectivity index (χ4n) is 2.61. The molecule has 0 amide bonds. The number of carbonyl (C=O) groups excluding carboxylic acids is 1. The minimum Gasteiger partial charge on any atom is -0.394 e. The van der Waals surface area contributed by atoms with Crippen molar-refractivity contribution in [2.45, 2.75) is 32.0 Å². The van der Waals surface area contributed by atoms with Gasteiger partial charge in [0.05, 0.1) is 24.5 Å². The lowest BCUT2D eigenvalue weighted by Crippen LogP contribution is -2.54. The van der Waals surface area contributed by atoms with E-state index in [2.05, 4.69) is 9.88 Å². The number of nitrogens with zero attached hydrogens (tertiary/aromatic N) is 2. The van der Waals surface area contributed by atoms with Crippen LogP contribution in [0.25, 0.3) is 0 Å². The monoisotopic (exact) mass is 296 g/mol. The Labute approximate surface area is 123 Å². The molecule has 21 heavy (non-hydrogen) atoms. The van der Waals surface area contributed by atoms with Crippen LogP contribution in [-0.2, 0) is 4.74 Å². The van der Waals surface area contributed by atoms with E-state index in [9.17, 15) is 14.3 Å². The molecule has 0 bridgehead atoms. The Balaban J connectivity index is 1.90. The molecule has 0 radical (unpaired) electrons. The molecule has 6 heteroatoms. The van der Waals surface area contributed by atoms with Crippen LogP contribution in [0.5, 0.6) is 0 Å². The van der Waals surface area contributed by atoms with E-state index < -0.39 is 5.82 Å². The Hall–Kier alpha value is -1.37. The molecule has 5 nitrogen and oxygen atoms in total. The maximum atomic E-state index is 12.8. The molecule has 0 saturated carbocycles. The first-order valence-electron chi connectivity index (χ1n) is 7.05. The summed E-state index contributed by atoms with van der Waals surface area (Å²) in [4.78, 5) is 17.9. The van der Waals surface area contributed by atoms with Crippen LogP contribution >= 0.6 is 0 Å². The van der Waals surface area contributed by atoms with Gasteiger partial charge in [-0.1, -0.05) is 0 Å². The minimum atomic E-state index is -0.452. The van der Waals surface area contributed by atoms with Gasteiger partial charge < -0.3 is 9.84 Å². The number of morpholine rings is 1. The zero-order valence-electron chi connectivity index (χ0n) is 12.4. The third kappa shape index (κ3) is 4.56. The quantitative estimate of drug-likeness (QED) is 0.829. The summed E-state index contributed by atoms with van der Waals surface area (Å²) in [6, 6.07) is 2.64. The highest BCUT2D eigenvalue weighted by Crippen LogP contribution is 2.21. The standard InChI is InChI=1S/C15H21FN2O3/c1-15(2)10-18(8-12(9-19)21-15)6-5-14(20)13-4-3-11(16)7-17-13/h3-4,7,12,19H,5-6,8-10H2,1-2H3. The van der Waals surface area contributed by atoms with Crippen LogP contribution in [0.15, 0.2) is 18.3 Å². The maximum Gasteiger partial charge on any atom is 0.182 e. The highest BCUT2D eigenvalue weighted by atomic mass is 19.1. The molecule has 1 aromatic rings. The number of ketones is 1. The van der Waals surface area contributed by atoms with E-state index in [4.69, 9.17) is 4.74 Å². The Kier molecular flexibility index (Phi) is 5.03. The van der Waals surface area contributed by atoms with Gasteiger partial charge in [0.15, 0.2) is 5.78 Å². The second-order valence-corrected chi connectivity index (χ2v) is 5.95. The van der Waals surface area contributed by atoms with E-state index in [0.717, 1.165) is 6.20 Å². The van der Waals surface area contributed by atoms with Gasteiger partial charge in [-0.15, -0.1) is 0 Å². The number of aromatic nitrogens is 1. The third-order valence-corrected chi connectivity index (χ3v) is 3.42. The van der Waals surface area contributed by atoms with E-state index >= 15 is 0 Å². The van der Waals surface area contributed by atoms with Crippen molar-refractivity contribution in [3.63, 3.8) is 0 Å². The van der Waals surface area contributed by atoms with Crippen molar-refractivity contribution in [2.24, 2.45) is 0 Å². The van der Waals surface area contributed by atoms with Gasteiger partial charge in [-0.05, 0) is 26.0 Å². The molecule has 1 aromatic heterocycles. The lowest BCUT2D eigenvalue weighted by atomic mass is 10.0. The summed E-state index contributed by atoms with van der Waals surface area (Å²) < 4.78 is 18.5. The molecule has 1 aliphatic rings. The second kappa shape index (κ2) is 6.60. The van der Waals surface area contributed by atoms with E-state index in [1.54, 1.807) is 0 Å². The number of pyridine rings is 1. The number of hydrogen-bond donors (Lipinski definition) is 1. The zero-order chi connectivity index (χ0) is 15.5. The lowest BCUT2D eigenvalue weighted by Gasteiger charge is -2.42. The van der Waals surface area contributed by atoms with Gasteiger partial charge in [-0.2, -0.15) is 0 Å². The number of aliphatic hydroxyl groups excluding tert-OH is 1. The molecule has 1 atom stereocenters. The normalized spacial score (nSPS) is 22.2. The van der Waals surface area contributed by atoms with Crippen molar-refractivity contribution in [1.82, 2.24) is 9.88 Å². The molecule has 0 aromatic carbocycles. The molecule has 1 aliphatic heterocycles. The number of ether oxygens (including phenoxy) is 1. The van der Waals surface area contributed by atoms with Gasteiger partial charge in [-0.25, -0.2) is 4.39 Å². The zero-order valence-corrected chi connectivity index (χ0v) is 12.4. The molecular weight excluding hydrogens is 275 g/mol.